The maximum atomic E-state index is 13.2. The molecule has 3 heterocycles. The smallest absolute Gasteiger partial charge is 0.247 e. The van der Waals surface area contributed by atoms with Crippen LogP contribution in [0.2, 0.25) is 5.02 Å². The molecule has 1 aliphatic rings. The predicted molar refractivity (Wildman–Crippen MR) is 122 cm³/mol. The summed E-state index contributed by atoms with van der Waals surface area (Å²) in [7, 11) is -2.62. The van der Waals surface area contributed by atoms with Gasteiger partial charge >= 0.3 is 0 Å². The van der Waals surface area contributed by atoms with Gasteiger partial charge in [0.05, 0.1) is 29.5 Å². The van der Waals surface area contributed by atoms with Gasteiger partial charge in [0.2, 0.25) is 12.3 Å². The standard InChI is InChI=1S/C20H21ClN4O5S2/c1-19(10-32(27,28)20(8-26,9-29-2)18(22)24-19)16-14(21)7-15(31-16)12-4-3-5-13(6-12)17-25-23-11-30-17/h3-7,11,26H,8-10H2,1-2H3,(H2,22,24)/t19-,20?/m0/s1. The van der Waals surface area contributed by atoms with Crippen molar-refractivity contribution in [3.8, 4) is 21.9 Å². The molecule has 1 fully saturated rings. The van der Waals surface area contributed by atoms with E-state index >= 15 is 0 Å². The third-order valence-corrected chi connectivity index (χ3v) is 9.96. The summed E-state index contributed by atoms with van der Waals surface area (Å²) >= 11 is 7.89. The first-order chi connectivity index (χ1) is 15.2. The molecule has 32 heavy (non-hydrogen) atoms. The second-order valence-electron chi connectivity index (χ2n) is 7.79. The van der Waals surface area contributed by atoms with E-state index < -0.39 is 26.7 Å². The van der Waals surface area contributed by atoms with E-state index in [0.717, 1.165) is 16.0 Å². The van der Waals surface area contributed by atoms with E-state index in [1.807, 2.05) is 24.3 Å². The average Bonchev–Trinajstić information content (AvgIpc) is 3.41. The van der Waals surface area contributed by atoms with Gasteiger partial charge in [-0.1, -0.05) is 23.7 Å². The molecule has 2 atom stereocenters. The maximum absolute atomic E-state index is 13.2. The van der Waals surface area contributed by atoms with Gasteiger partial charge in [0.25, 0.3) is 0 Å². The molecule has 1 unspecified atom stereocenters. The minimum Gasteiger partial charge on any atom is -0.423 e. The lowest BCUT2D eigenvalue weighted by atomic mass is 9.99. The Kier molecular flexibility index (Phi) is 5.88. The van der Waals surface area contributed by atoms with Crippen LogP contribution < -0.4 is 5.32 Å². The van der Waals surface area contributed by atoms with Crippen molar-refractivity contribution >= 4 is 38.6 Å². The fourth-order valence-electron chi connectivity index (χ4n) is 3.83. The Morgan fingerprint density at radius 3 is 2.75 bits per heavy atom. The number of aliphatic hydroxyl groups is 1. The molecule has 0 spiro atoms. The molecule has 9 nitrogen and oxygen atoms in total. The van der Waals surface area contributed by atoms with Gasteiger partial charge < -0.3 is 19.6 Å². The number of aromatic nitrogens is 2. The number of benzene rings is 1. The van der Waals surface area contributed by atoms with Gasteiger partial charge in [-0.05, 0) is 30.7 Å². The van der Waals surface area contributed by atoms with Crippen LogP contribution in [-0.4, -0.2) is 60.4 Å². The fourth-order valence-corrected chi connectivity index (χ4v) is 7.68. The van der Waals surface area contributed by atoms with Crippen LogP contribution in [0.25, 0.3) is 21.9 Å². The molecule has 1 aliphatic heterocycles. The molecule has 0 aliphatic carbocycles. The van der Waals surface area contributed by atoms with Crippen LogP contribution in [0.4, 0.5) is 0 Å². The molecule has 3 aromatic rings. The number of nitrogens with zero attached hydrogens (tertiary/aromatic N) is 2. The zero-order chi connectivity index (χ0) is 23.1. The number of thiophene rings is 1. The third-order valence-electron chi connectivity index (χ3n) is 5.51. The summed E-state index contributed by atoms with van der Waals surface area (Å²) in [4.78, 5) is 1.39. The van der Waals surface area contributed by atoms with Gasteiger partial charge in [-0.25, -0.2) is 8.42 Å². The second-order valence-corrected chi connectivity index (χ2v) is 11.5. The highest BCUT2D eigenvalue weighted by Gasteiger charge is 2.57. The van der Waals surface area contributed by atoms with Crippen molar-refractivity contribution in [2.24, 2.45) is 0 Å². The largest absolute Gasteiger partial charge is 0.423 e. The van der Waals surface area contributed by atoms with Gasteiger partial charge in [0, 0.05) is 22.4 Å². The molecule has 170 valence electrons. The van der Waals surface area contributed by atoms with Crippen molar-refractivity contribution in [3.63, 3.8) is 0 Å². The van der Waals surface area contributed by atoms with E-state index in [2.05, 4.69) is 15.5 Å². The highest BCUT2D eigenvalue weighted by molar-refractivity contribution is 7.93. The molecule has 1 aromatic carbocycles. The topological polar surface area (TPSA) is 138 Å². The SMILES string of the molecule is COCC1(CO)C(=N)N[C@](C)(c2sc(-c3cccc(-c4nnco4)c3)cc2Cl)CS1(=O)=O. The van der Waals surface area contributed by atoms with E-state index in [9.17, 15) is 13.5 Å². The molecule has 0 saturated carbocycles. The van der Waals surface area contributed by atoms with Crippen LogP contribution in [0.15, 0.2) is 41.1 Å². The molecular formula is C20H21ClN4O5S2. The minimum absolute atomic E-state index is 0.319. The minimum atomic E-state index is -3.95. The molecular weight excluding hydrogens is 476 g/mol. The van der Waals surface area contributed by atoms with E-state index in [0.29, 0.717) is 15.8 Å². The monoisotopic (exact) mass is 496 g/mol. The Labute approximate surface area is 193 Å². The molecule has 1 saturated heterocycles. The Bertz CT molecular complexity index is 1260. The van der Waals surface area contributed by atoms with Gasteiger partial charge in [-0.15, -0.1) is 21.5 Å². The quantitative estimate of drug-likeness (QED) is 0.473. The summed E-state index contributed by atoms with van der Waals surface area (Å²) in [6, 6.07) is 9.24. The van der Waals surface area contributed by atoms with Crippen LogP contribution in [0.5, 0.6) is 0 Å². The molecule has 3 N–H and O–H groups in total. The summed E-state index contributed by atoms with van der Waals surface area (Å²) in [6.07, 6.45) is 1.25. The van der Waals surface area contributed by atoms with E-state index in [1.54, 1.807) is 13.0 Å². The van der Waals surface area contributed by atoms with Gasteiger partial charge in [-0.2, -0.15) is 0 Å². The zero-order valence-corrected chi connectivity index (χ0v) is 19.6. The molecule has 2 aromatic heterocycles. The van der Waals surface area contributed by atoms with Crippen LogP contribution in [0.3, 0.4) is 0 Å². The Morgan fingerprint density at radius 1 is 1.38 bits per heavy atom. The third kappa shape index (κ3) is 3.63. The molecule has 12 heteroatoms. The second kappa shape index (κ2) is 8.23. The summed E-state index contributed by atoms with van der Waals surface area (Å²) in [5.41, 5.74) is 0.442. The lowest BCUT2D eigenvalue weighted by Crippen LogP contribution is -2.69. The van der Waals surface area contributed by atoms with E-state index in [4.69, 9.17) is 26.2 Å². The lowest BCUT2D eigenvalue weighted by Gasteiger charge is -2.44. The highest BCUT2D eigenvalue weighted by Crippen LogP contribution is 2.44. The number of sulfone groups is 1. The molecule has 0 amide bonds. The number of methoxy groups -OCH3 is 1. The van der Waals surface area contributed by atoms with Crippen molar-refractivity contribution < 1.29 is 22.7 Å². The number of rotatable bonds is 6. The first-order valence-corrected chi connectivity index (χ1v) is 12.4. The van der Waals surface area contributed by atoms with Gasteiger partial charge in [0.1, 0.15) is 5.84 Å². The first-order valence-electron chi connectivity index (χ1n) is 9.52. The van der Waals surface area contributed by atoms with Crippen molar-refractivity contribution in [2.45, 2.75) is 17.2 Å². The van der Waals surface area contributed by atoms with Crippen molar-refractivity contribution in [1.29, 1.82) is 5.41 Å². The summed E-state index contributed by atoms with van der Waals surface area (Å²) < 4.78 is 34.9. The number of hydrogen-bond donors (Lipinski definition) is 3. The van der Waals surface area contributed by atoms with Crippen LogP contribution >= 0.6 is 22.9 Å². The number of amidine groups is 1. The van der Waals surface area contributed by atoms with Gasteiger partial charge in [-0.3, -0.25) is 5.41 Å². The number of hydrogen-bond acceptors (Lipinski definition) is 9. The van der Waals surface area contributed by atoms with Crippen molar-refractivity contribution in [3.05, 3.63) is 46.6 Å². The molecule has 4 rings (SSSR count). The highest BCUT2D eigenvalue weighted by atomic mass is 35.5. The fraction of sp³-hybridized carbons (Fsp3) is 0.350. The zero-order valence-electron chi connectivity index (χ0n) is 17.3. The molecule has 0 radical (unpaired) electrons. The van der Waals surface area contributed by atoms with Gasteiger partial charge in [0.15, 0.2) is 14.6 Å². The van der Waals surface area contributed by atoms with Crippen LogP contribution in [0.1, 0.15) is 11.8 Å². The summed E-state index contributed by atoms with van der Waals surface area (Å²) in [5, 5.41) is 29.3. The number of aliphatic hydroxyl groups excluding tert-OH is 1. The Hall–Kier alpha value is -2.31. The summed E-state index contributed by atoms with van der Waals surface area (Å²) in [5.74, 6) is -0.290. The predicted octanol–water partition coefficient (Wildman–Crippen LogP) is 2.71. The normalized spacial score (nSPS) is 24.9. The van der Waals surface area contributed by atoms with Crippen molar-refractivity contribution in [2.75, 3.05) is 26.1 Å². The Balaban J connectivity index is 1.72. The number of ether oxygens (including phenoxy) is 1. The number of nitrogens with one attached hydrogen (secondary N) is 2. The average molecular weight is 497 g/mol. The first kappa shape index (κ1) is 22.9. The van der Waals surface area contributed by atoms with Crippen LogP contribution in [-0.2, 0) is 20.1 Å². The van der Waals surface area contributed by atoms with Crippen LogP contribution in [0, 0.1) is 5.41 Å². The number of halogens is 1. The van der Waals surface area contributed by atoms with Crippen molar-refractivity contribution in [1.82, 2.24) is 15.5 Å². The van der Waals surface area contributed by atoms with E-state index in [1.165, 1.54) is 24.8 Å². The maximum Gasteiger partial charge on any atom is 0.247 e. The lowest BCUT2D eigenvalue weighted by molar-refractivity contribution is 0.144. The van der Waals surface area contributed by atoms with E-state index in [-0.39, 0.29) is 18.2 Å². The Morgan fingerprint density at radius 2 is 2.12 bits per heavy atom. The summed E-state index contributed by atoms with van der Waals surface area (Å²) in [6.45, 7) is 0.611. The molecule has 0 bridgehead atoms.